The van der Waals surface area contributed by atoms with E-state index in [0.29, 0.717) is 25.1 Å². The predicted molar refractivity (Wildman–Crippen MR) is 113 cm³/mol. The molecule has 30 heavy (non-hydrogen) atoms. The van der Waals surface area contributed by atoms with Gasteiger partial charge in [-0.2, -0.15) is 0 Å². The fourth-order valence-corrected chi connectivity index (χ4v) is 3.98. The quantitative estimate of drug-likeness (QED) is 0.678. The lowest BCUT2D eigenvalue weighted by Crippen LogP contribution is -2.36. The molecule has 0 aliphatic carbocycles. The Morgan fingerprint density at radius 2 is 1.97 bits per heavy atom. The van der Waals surface area contributed by atoms with E-state index >= 15 is 0 Å². The Hall–Kier alpha value is -3.26. The van der Waals surface area contributed by atoms with Gasteiger partial charge in [-0.15, -0.1) is 0 Å². The number of carbonyl (C=O) groups is 1. The first-order valence-corrected chi connectivity index (χ1v) is 9.95. The zero-order chi connectivity index (χ0) is 21.6. The molecule has 0 spiro atoms. The van der Waals surface area contributed by atoms with Crippen LogP contribution >= 0.6 is 0 Å². The van der Waals surface area contributed by atoms with E-state index in [4.69, 9.17) is 0 Å². The first-order chi connectivity index (χ1) is 14.2. The van der Waals surface area contributed by atoms with Gasteiger partial charge in [-0.1, -0.05) is 36.8 Å². The van der Waals surface area contributed by atoms with Crippen LogP contribution in [-0.4, -0.2) is 43.5 Å². The van der Waals surface area contributed by atoms with Crippen molar-refractivity contribution >= 4 is 16.9 Å². The Morgan fingerprint density at radius 3 is 2.63 bits per heavy atom. The maximum Gasteiger partial charge on any atom is 0.329 e. The van der Waals surface area contributed by atoms with Crippen LogP contribution in [0.5, 0.6) is 0 Å². The van der Waals surface area contributed by atoms with Crippen LogP contribution in [0.3, 0.4) is 0 Å². The summed E-state index contributed by atoms with van der Waals surface area (Å²) in [6, 6.07) is 9.22. The molecule has 0 bridgehead atoms. The number of pyridine rings is 1. The third kappa shape index (κ3) is 3.23. The number of fused-ring (bicyclic) bond motifs is 1. The van der Waals surface area contributed by atoms with Crippen molar-refractivity contribution in [3.63, 3.8) is 0 Å². The Labute approximate surface area is 172 Å². The minimum absolute atomic E-state index is 0.0880. The molecule has 1 saturated heterocycles. The van der Waals surface area contributed by atoms with Crippen LogP contribution in [-0.2, 0) is 19.1 Å². The molecule has 1 aliphatic rings. The molecule has 0 saturated carbocycles. The number of H-pyrrole nitrogens is 1. The molecule has 1 aliphatic heterocycles. The van der Waals surface area contributed by atoms with Gasteiger partial charge in [0.25, 0.3) is 11.5 Å². The number of amides is 1. The van der Waals surface area contributed by atoms with Crippen molar-refractivity contribution in [2.45, 2.75) is 32.3 Å². The van der Waals surface area contributed by atoms with E-state index in [-0.39, 0.29) is 29.0 Å². The molecule has 2 N–H and O–H groups in total. The largest absolute Gasteiger partial charge is 0.383 e. The van der Waals surface area contributed by atoms with Gasteiger partial charge in [0.15, 0.2) is 0 Å². The molecule has 0 unspecified atom stereocenters. The van der Waals surface area contributed by atoms with Gasteiger partial charge >= 0.3 is 5.69 Å². The lowest BCUT2D eigenvalue weighted by molar-refractivity contribution is 0.0418. The summed E-state index contributed by atoms with van der Waals surface area (Å²) < 4.78 is 1.24. The summed E-state index contributed by atoms with van der Waals surface area (Å²) >= 11 is 0. The molecule has 2 aromatic heterocycles. The summed E-state index contributed by atoms with van der Waals surface area (Å²) in [6.45, 7) is 4.35. The highest BCUT2D eigenvalue weighted by molar-refractivity contribution is 6.05. The molecule has 8 nitrogen and oxygen atoms in total. The molecule has 4 rings (SSSR count). The fraction of sp³-hybridized carbons (Fsp3) is 0.364. The van der Waals surface area contributed by atoms with Gasteiger partial charge in [0, 0.05) is 19.3 Å². The first kappa shape index (κ1) is 20.0. The summed E-state index contributed by atoms with van der Waals surface area (Å²) in [4.78, 5) is 46.1. The molecule has 1 amide bonds. The second-order valence-electron chi connectivity index (χ2n) is 7.91. The normalized spacial score (nSPS) is 18.9. The number of rotatable bonds is 3. The third-order valence-electron chi connectivity index (χ3n) is 5.84. The Bertz CT molecular complexity index is 1260. The number of β-amino-alcohol motifs (C(OH)–C–C–N with tert-alkyl or cyclic N) is 1. The van der Waals surface area contributed by atoms with Crippen LogP contribution in [0.15, 0.2) is 39.9 Å². The lowest BCUT2D eigenvalue weighted by Gasteiger charge is -2.24. The third-order valence-corrected chi connectivity index (χ3v) is 5.84. The zero-order valence-corrected chi connectivity index (χ0v) is 17.2. The minimum atomic E-state index is -1.14. The number of benzene rings is 1. The molecule has 3 aromatic rings. The molecule has 1 atom stereocenters. The van der Waals surface area contributed by atoms with Crippen LogP contribution in [0.25, 0.3) is 11.0 Å². The molecule has 1 aromatic carbocycles. The second kappa shape index (κ2) is 7.21. The van der Waals surface area contributed by atoms with Crippen molar-refractivity contribution in [1.29, 1.82) is 0 Å². The van der Waals surface area contributed by atoms with E-state index in [2.05, 4.69) is 9.97 Å². The van der Waals surface area contributed by atoms with Gasteiger partial charge in [0.05, 0.1) is 17.5 Å². The van der Waals surface area contributed by atoms with Gasteiger partial charge in [0.1, 0.15) is 11.2 Å². The summed E-state index contributed by atoms with van der Waals surface area (Å²) in [6.07, 6.45) is 0.949. The highest BCUT2D eigenvalue weighted by Crippen LogP contribution is 2.33. The number of aryl methyl sites for hydroxylation is 3. The van der Waals surface area contributed by atoms with Crippen LogP contribution in [0.2, 0.25) is 0 Å². The number of aromatic nitrogens is 3. The standard InChI is InChI=1S/C22H24N4O4/c1-4-15-11-16(17-18(23-15)25(3)21(29)24-19(17)27)20(28)26-10-9-22(30,12-26)14-7-5-13(2)6-8-14/h5-8,11,30H,4,9-10,12H2,1-3H3,(H,24,27,29)/t22-/m0/s1. The number of nitrogens with one attached hydrogen (secondary N) is 1. The predicted octanol–water partition coefficient (Wildman–Crippen LogP) is 1.23. The van der Waals surface area contributed by atoms with Crippen molar-refractivity contribution in [2.24, 2.45) is 7.05 Å². The fourth-order valence-electron chi connectivity index (χ4n) is 3.98. The molecule has 156 valence electrons. The number of hydrogen-bond donors (Lipinski definition) is 2. The molecule has 1 fully saturated rings. The van der Waals surface area contributed by atoms with Gasteiger partial charge in [-0.3, -0.25) is 19.1 Å². The van der Waals surface area contributed by atoms with Gasteiger partial charge in [-0.05, 0) is 31.4 Å². The van der Waals surface area contributed by atoms with Gasteiger partial charge in [-0.25, -0.2) is 9.78 Å². The number of aliphatic hydroxyl groups is 1. The van der Waals surface area contributed by atoms with Crippen LogP contribution < -0.4 is 11.2 Å². The van der Waals surface area contributed by atoms with E-state index < -0.39 is 16.9 Å². The van der Waals surface area contributed by atoms with Gasteiger partial charge < -0.3 is 10.0 Å². The molecule has 3 heterocycles. The van der Waals surface area contributed by atoms with Crippen molar-refractivity contribution in [3.05, 3.63) is 73.6 Å². The van der Waals surface area contributed by atoms with Crippen LogP contribution in [0, 0.1) is 6.92 Å². The average molecular weight is 408 g/mol. The lowest BCUT2D eigenvalue weighted by atomic mass is 9.92. The number of likely N-dealkylation sites (tertiary alicyclic amines) is 1. The summed E-state index contributed by atoms with van der Waals surface area (Å²) in [7, 11) is 1.51. The van der Waals surface area contributed by atoms with E-state index in [1.807, 2.05) is 38.1 Å². The average Bonchev–Trinajstić information content (AvgIpc) is 3.14. The number of aromatic amines is 1. The maximum absolute atomic E-state index is 13.4. The second-order valence-corrected chi connectivity index (χ2v) is 7.91. The topological polar surface area (TPSA) is 108 Å². The van der Waals surface area contributed by atoms with Crippen LogP contribution in [0.1, 0.15) is 40.5 Å². The van der Waals surface area contributed by atoms with E-state index in [1.54, 1.807) is 11.0 Å². The Balaban J connectivity index is 1.77. The summed E-state index contributed by atoms with van der Waals surface area (Å²) in [5.41, 5.74) is 0.479. The van der Waals surface area contributed by atoms with Crippen LogP contribution in [0.4, 0.5) is 0 Å². The number of nitrogens with zero attached hydrogens (tertiary/aromatic N) is 3. The first-order valence-electron chi connectivity index (χ1n) is 9.95. The number of carbonyl (C=O) groups excluding carboxylic acids is 1. The van der Waals surface area contributed by atoms with Gasteiger partial charge in [0.2, 0.25) is 0 Å². The van der Waals surface area contributed by atoms with Crippen molar-refractivity contribution < 1.29 is 9.90 Å². The Morgan fingerprint density at radius 1 is 1.27 bits per heavy atom. The highest BCUT2D eigenvalue weighted by Gasteiger charge is 2.40. The SMILES string of the molecule is CCc1cc(C(=O)N2CC[C@@](O)(c3ccc(C)cc3)C2)c2c(=O)[nH]c(=O)n(C)c2n1. The van der Waals surface area contributed by atoms with Crippen molar-refractivity contribution in [1.82, 2.24) is 19.4 Å². The molecular formula is C22H24N4O4. The molecule has 8 heteroatoms. The van der Waals surface area contributed by atoms with Crippen molar-refractivity contribution in [2.75, 3.05) is 13.1 Å². The zero-order valence-electron chi connectivity index (χ0n) is 17.2. The van der Waals surface area contributed by atoms with E-state index in [0.717, 1.165) is 11.1 Å². The van der Waals surface area contributed by atoms with Crippen molar-refractivity contribution in [3.8, 4) is 0 Å². The highest BCUT2D eigenvalue weighted by atomic mass is 16.3. The smallest absolute Gasteiger partial charge is 0.329 e. The van der Waals surface area contributed by atoms with E-state index in [1.165, 1.54) is 11.6 Å². The summed E-state index contributed by atoms with van der Waals surface area (Å²) in [5, 5.41) is 11.2. The summed E-state index contributed by atoms with van der Waals surface area (Å²) in [5.74, 6) is -0.357. The Kier molecular flexibility index (Phi) is 4.82. The van der Waals surface area contributed by atoms with E-state index in [9.17, 15) is 19.5 Å². The molecular weight excluding hydrogens is 384 g/mol. The number of hydrogen-bond acceptors (Lipinski definition) is 5. The monoisotopic (exact) mass is 408 g/mol. The molecule has 0 radical (unpaired) electrons. The minimum Gasteiger partial charge on any atom is -0.383 e. The maximum atomic E-state index is 13.4.